The summed E-state index contributed by atoms with van der Waals surface area (Å²) in [7, 11) is 1.46. The molecule has 1 atom stereocenters. The van der Waals surface area contributed by atoms with Gasteiger partial charge in [0.2, 0.25) is 5.78 Å². The number of halogens is 1. The van der Waals surface area contributed by atoms with Crippen LogP contribution in [0.25, 0.3) is 11.0 Å². The van der Waals surface area contributed by atoms with Gasteiger partial charge in [-0.2, -0.15) is 0 Å². The minimum absolute atomic E-state index is 0.0413. The molecule has 0 saturated heterocycles. The fraction of sp³-hybridized carbons (Fsp3) is 0.111. The van der Waals surface area contributed by atoms with Gasteiger partial charge in [0.25, 0.3) is 5.91 Å². The first-order chi connectivity index (χ1) is 16.8. The summed E-state index contributed by atoms with van der Waals surface area (Å²) in [6.45, 7) is 1.87. The van der Waals surface area contributed by atoms with Gasteiger partial charge in [0.15, 0.2) is 22.9 Å². The number of aromatic hydroxyl groups is 1. The van der Waals surface area contributed by atoms with Crippen LogP contribution in [-0.2, 0) is 4.79 Å². The molecule has 0 bridgehead atoms. The molecule has 0 spiro atoms. The van der Waals surface area contributed by atoms with Gasteiger partial charge in [-0.15, -0.1) is 0 Å². The third-order valence-corrected chi connectivity index (χ3v) is 6.13. The molecule has 1 amide bonds. The number of aryl methyl sites for hydroxylation is 1. The Morgan fingerprint density at radius 2 is 1.83 bits per heavy atom. The lowest BCUT2D eigenvalue weighted by Gasteiger charge is -2.27. The normalized spacial score (nSPS) is 15.8. The van der Waals surface area contributed by atoms with Gasteiger partial charge in [-0.3, -0.25) is 14.5 Å². The highest BCUT2D eigenvalue weighted by Crippen LogP contribution is 2.43. The second-order valence-electron chi connectivity index (χ2n) is 8.24. The van der Waals surface area contributed by atoms with E-state index in [0.717, 1.165) is 5.56 Å². The minimum atomic E-state index is -0.998. The van der Waals surface area contributed by atoms with Gasteiger partial charge in [-0.05, 0) is 54.4 Å². The van der Waals surface area contributed by atoms with Gasteiger partial charge >= 0.3 is 0 Å². The van der Waals surface area contributed by atoms with Crippen molar-refractivity contribution in [3.05, 3.63) is 100.0 Å². The van der Waals surface area contributed by atoms with Crippen molar-refractivity contribution in [3.8, 4) is 11.5 Å². The summed E-state index contributed by atoms with van der Waals surface area (Å²) in [6.07, 6.45) is 0. The van der Waals surface area contributed by atoms with Gasteiger partial charge in [0, 0.05) is 22.2 Å². The fourth-order valence-electron chi connectivity index (χ4n) is 4.37. The molecule has 1 unspecified atom stereocenters. The predicted molar refractivity (Wildman–Crippen MR) is 131 cm³/mol. The number of hydrogen-bond donors (Lipinski definition) is 2. The molecule has 0 saturated carbocycles. The number of phenolic OH excluding ortho intramolecular Hbond substituents is 1. The zero-order chi connectivity index (χ0) is 24.9. The number of benzene rings is 3. The molecule has 0 aliphatic carbocycles. The molecule has 1 aliphatic heterocycles. The van der Waals surface area contributed by atoms with Crippen molar-refractivity contribution >= 4 is 39.9 Å². The van der Waals surface area contributed by atoms with E-state index in [1.165, 1.54) is 30.2 Å². The first-order valence-corrected chi connectivity index (χ1v) is 11.1. The molecule has 0 fully saturated rings. The number of carbonyl (C=O) groups is 2. The Morgan fingerprint density at radius 1 is 1.06 bits per heavy atom. The van der Waals surface area contributed by atoms with Gasteiger partial charge in [-0.1, -0.05) is 35.9 Å². The molecule has 5 rings (SSSR count). The number of nitrogens with zero attached hydrogens (tertiary/aromatic N) is 1. The highest BCUT2D eigenvalue weighted by atomic mass is 35.5. The van der Waals surface area contributed by atoms with Crippen LogP contribution in [0.4, 0.5) is 5.69 Å². The molecule has 4 aromatic rings. The van der Waals surface area contributed by atoms with Crippen LogP contribution >= 0.6 is 11.6 Å². The number of furan rings is 1. The van der Waals surface area contributed by atoms with Crippen molar-refractivity contribution in [2.45, 2.75) is 13.0 Å². The molecule has 0 radical (unpaired) electrons. The molecule has 2 heterocycles. The van der Waals surface area contributed by atoms with Crippen LogP contribution < -0.4 is 9.64 Å². The van der Waals surface area contributed by atoms with Crippen molar-refractivity contribution in [1.82, 2.24) is 0 Å². The van der Waals surface area contributed by atoms with Gasteiger partial charge in [-0.25, -0.2) is 0 Å². The maximum Gasteiger partial charge on any atom is 0.294 e. The summed E-state index contributed by atoms with van der Waals surface area (Å²) in [5, 5.41) is 22.0. The SMILES string of the molecule is COc1cc(Cl)cc2cc(C(=O)C3=C(O)C(=O)N(c4cccc(C)c4)C3c3cccc(O)c3)oc12. The van der Waals surface area contributed by atoms with Crippen LogP contribution in [-0.4, -0.2) is 29.0 Å². The number of aliphatic hydroxyl groups excluding tert-OH is 1. The highest BCUT2D eigenvalue weighted by molar-refractivity contribution is 6.31. The van der Waals surface area contributed by atoms with E-state index in [1.807, 2.05) is 13.0 Å². The van der Waals surface area contributed by atoms with E-state index in [4.69, 9.17) is 20.8 Å². The van der Waals surface area contributed by atoms with E-state index in [2.05, 4.69) is 0 Å². The minimum Gasteiger partial charge on any atom is -0.508 e. The number of fused-ring (bicyclic) bond motifs is 1. The predicted octanol–water partition coefficient (Wildman–Crippen LogP) is 5.89. The maximum absolute atomic E-state index is 13.7. The molecule has 35 heavy (non-hydrogen) atoms. The molecule has 176 valence electrons. The van der Waals surface area contributed by atoms with E-state index in [9.17, 15) is 19.8 Å². The average Bonchev–Trinajstić information content (AvgIpc) is 3.37. The smallest absolute Gasteiger partial charge is 0.294 e. The fourth-order valence-corrected chi connectivity index (χ4v) is 4.59. The lowest BCUT2D eigenvalue weighted by Crippen LogP contribution is -2.31. The van der Waals surface area contributed by atoms with Gasteiger partial charge < -0.3 is 19.4 Å². The topological polar surface area (TPSA) is 100 Å². The van der Waals surface area contributed by atoms with Crippen LogP contribution in [0.1, 0.15) is 27.7 Å². The second kappa shape index (κ2) is 8.52. The number of anilines is 1. The lowest BCUT2D eigenvalue weighted by atomic mass is 9.94. The summed E-state index contributed by atoms with van der Waals surface area (Å²) in [5.41, 5.74) is 1.99. The zero-order valence-corrected chi connectivity index (χ0v) is 19.5. The Morgan fingerprint density at radius 3 is 2.54 bits per heavy atom. The quantitative estimate of drug-likeness (QED) is 0.339. The number of amides is 1. The molecular formula is C27H20ClNO6. The number of hydrogen-bond acceptors (Lipinski definition) is 6. The summed E-state index contributed by atoms with van der Waals surface area (Å²) < 4.78 is 11.1. The van der Waals surface area contributed by atoms with Gasteiger partial charge in [0.1, 0.15) is 5.75 Å². The number of rotatable bonds is 5. The lowest BCUT2D eigenvalue weighted by molar-refractivity contribution is -0.117. The zero-order valence-electron chi connectivity index (χ0n) is 18.8. The number of ether oxygens (including phenoxy) is 1. The number of aliphatic hydroxyl groups is 1. The Hall–Kier alpha value is -4.23. The number of phenols is 1. The molecule has 8 heteroatoms. The molecular weight excluding hydrogens is 470 g/mol. The Kier molecular flexibility index (Phi) is 5.49. The summed E-state index contributed by atoms with van der Waals surface area (Å²) in [4.78, 5) is 28.4. The van der Waals surface area contributed by atoms with Crippen LogP contribution in [0.15, 0.2) is 82.5 Å². The van der Waals surface area contributed by atoms with E-state index >= 15 is 0 Å². The monoisotopic (exact) mass is 489 g/mol. The van der Waals surface area contributed by atoms with Crippen LogP contribution in [0.5, 0.6) is 11.5 Å². The standard InChI is InChI=1S/C27H20ClNO6/c1-14-5-3-7-18(9-14)29-23(15-6-4-8-19(30)11-15)22(25(32)27(29)33)24(31)20-12-16-10-17(28)13-21(34-2)26(16)35-20/h3-13,23,30,32H,1-2H3. The average molecular weight is 490 g/mol. The molecule has 1 aliphatic rings. The number of methoxy groups -OCH3 is 1. The van der Waals surface area contributed by atoms with Crippen LogP contribution in [0.2, 0.25) is 5.02 Å². The van der Waals surface area contributed by atoms with Crippen LogP contribution in [0, 0.1) is 6.92 Å². The van der Waals surface area contributed by atoms with Crippen molar-refractivity contribution < 1.29 is 29.0 Å². The molecule has 7 nitrogen and oxygen atoms in total. The third-order valence-electron chi connectivity index (χ3n) is 5.91. The Bertz CT molecular complexity index is 1540. The summed E-state index contributed by atoms with van der Waals surface area (Å²) in [5.74, 6) is -1.88. The first-order valence-electron chi connectivity index (χ1n) is 10.7. The second-order valence-corrected chi connectivity index (χ2v) is 8.68. The van der Waals surface area contributed by atoms with Crippen molar-refractivity contribution in [1.29, 1.82) is 0 Å². The first kappa shape index (κ1) is 22.6. The molecule has 1 aromatic heterocycles. The summed E-state index contributed by atoms with van der Waals surface area (Å²) in [6, 6.07) is 17.1. The molecule has 2 N–H and O–H groups in total. The molecule has 3 aromatic carbocycles. The van der Waals surface area contributed by atoms with E-state index in [0.29, 0.717) is 33.0 Å². The third kappa shape index (κ3) is 3.80. The summed E-state index contributed by atoms with van der Waals surface area (Å²) >= 11 is 6.15. The number of carbonyl (C=O) groups excluding carboxylic acids is 2. The van der Waals surface area contributed by atoms with Crippen molar-refractivity contribution in [2.24, 2.45) is 0 Å². The maximum atomic E-state index is 13.7. The highest BCUT2D eigenvalue weighted by Gasteiger charge is 2.45. The van der Waals surface area contributed by atoms with E-state index < -0.39 is 23.5 Å². The Balaban J connectivity index is 1.68. The number of ketones is 1. The van der Waals surface area contributed by atoms with Crippen molar-refractivity contribution in [2.75, 3.05) is 12.0 Å². The largest absolute Gasteiger partial charge is 0.508 e. The van der Waals surface area contributed by atoms with Crippen molar-refractivity contribution in [3.63, 3.8) is 0 Å². The van der Waals surface area contributed by atoms with Gasteiger partial charge in [0.05, 0.1) is 18.7 Å². The van der Waals surface area contributed by atoms with Crippen LogP contribution in [0.3, 0.4) is 0 Å². The Labute approximate surface area is 205 Å². The number of Topliss-reactive ketones (excluding diaryl/α,β-unsaturated/α-hetero) is 1. The van der Waals surface area contributed by atoms with E-state index in [1.54, 1.807) is 42.5 Å². The van der Waals surface area contributed by atoms with E-state index in [-0.39, 0.29) is 17.1 Å².